The molecule has 1 aromatic heterocycles. The first-order chi connectivity index (χ1) is 21.3. The number of carbonyl (C=O) groups is 2. The lowest BCUT2D eigenvalue weighted by atomic mass is 9.68. The van der Waals surface area contributed by atoms with Gasteiger partial charge in [0.2, 0.25) is 11.8 Å². The molecule has 222 valence electrons. The van der Waals surface area contributed by atoms with Crippen molar-refractivity contribution in [3.63, 3.8) is 0 Å². The zero-order valence-electron chi connectivity index (χ0n) is 22.9. The molecule has 0 radical (unpaired) electrons. The fraction of sp³-hybridized carbons (Fsp3) is 0.281. The number of anilines is 1. The van der Waals surface area contributed by atoms with Crippen LogP contribution in [0.2, 0.25) is 5.02 Å². The predicted octanol–water partition coefficient (Wildman–Crippen LogP) is 6.25. The molecule has 2 bridgehead atoms. The molecule has 3 fully saturated rings. The van der Waals surface area contributed by atoms with Crippen LogP contribution < -0.4 is 14.5 Å². The van der Waals surface area contributed by atoms with Crippen LogP contribution in [-0.2, 0) is 16.2 Å². The molecule has 1 saturated heterocycles. The number of carbonyl (C=O) groups excluding carboxylic acids is 2. The molecule has 7 atom stereocenters. The normalized spacial score (nSPS) is 28.1. The van der Waals surface area contributed by atoms with Gasteiger partial charge in [-0.3, -0.25) is 29.4 Å². The van der Waals surface area contributed by atoms with Gasteiger partial charge in [-0.2, -0.15) is 0 Å². The fourth-order valence-corrected chi connectivity index (χ4v) is 11.0. The minimum absolute atomic E-state index is 0.0628. The summed E-state index contributed by atoms with van der Waals surface area (Å²) in [4.78, 5) is 57.0. The van der Waals surface area contributed by atoms with Crippen molar-refractivity contribution in [2.75, 3.05) is 4.90 Å². The van der Waals surface area contributed by atoms with E-state index < -0.39 is 22.7 Å². The number of non-ortho nitro benzene ring substituents is 1. The summed E-state index contributed by atoms with van der Waals surface area (Å²) in [6, 6.07) is 21.0. The third kappa shape index (κ3) is 4.17. The zero-order valence-corrected chi connectivity index (χ0v) is 25.3. The third-order valence-electron chi connectivity index (χ3n) is 9.59. The van der Waals surface area contributed by atoms with Crippen molar-refractivity contribution in [3.05, 3.63) is 114 Å². The monoisotopic (exact) mass is 645 g/mol. The summed E-state index contributed by atoms with van der Waals surface area (Å²) in [5, 5.41) is 13.1. The molecule has 3 heterocycles. The van der Waals surface area contributed by atoms with Gasteiger partial charge in [-0.25, -0.2) is 0 Å². The summed E-state index contributed by atoms with van der Waals surface area (Å²) >= 11 is 8.75. The highest BCUT2D eigenvalue weighted by molar-refractivity contribution is 8.00. The van der Waals surface area contributed by atoms with Crippen LogP contribution in [0.15, 0.2) is 82.6 Å². The van der Waals surface area contributed by atoms with Gasteiger partial charge in [0.1, 0.15) is 12.4 Å². The molecule has 12 heteroatoms. The second-order valence-electron chi connectivity index (χ2n) is 11.7. The number of rotatable bonds is 6. The highest BCUT2D eigenvalue weighted by atomic mass is 35.5. The number of fused-ring (bicyclic) bond motifs is 9. The van der Waals surface area contributed by atoms with Gasteiger partial charge < -0.3 is 9.72 Å². The Morgan fingerprint density at radius 2 is 1.70 bits per heavy atom. The summed E-state index contributed by atoms with van der Waals surface area (Å²) in [5.41, 5.74) is 2.00. The number of aromatic nitrogens is 1. The molecule has 0 unspecified atom stereocenters. The first-order valence-corrected chi connectivity index (χ1v) is 16.4. The number of ether oxygens (including phenoxy) is 1. The summed E-state index contributed by atoms with van der Waals surface area (Å²) in [5.74, 6) is -1.66. The molecule has 1 N–H and O–H groups in total. The molecule has 4 aliphatic rings. The molecular formula is C32H24ClN3O6S2. The summed E-state index contributed by atoms with van der Waals surface area (Å²) in [6.07, 6.45) is 0.703. The second kappa shape index (κ2) is 10.3. The van der Waals surface area contributed by atoms with Crippen molar-refractivity contribution in [3.8, 4) is 5.75 Å². The number of nitro groups is 1. The molecule has 2 amide bonds. The van der Waals surface area contributed by atoms with E-state index in [1.54, 1.807) is 48.2 Å². The molecular weight excluding hydrogens is 622 g/mol. The molecule has 9 nitrogen and oxygen atoms in total. The lowest BCUT2D eigenvalue weighted by Gasteiger charge is -2.43. The van der Waals surface area contributed by atoms with Crippen molar-refractivity contribution in [2.45, 2.75) is 29.2 Å². The molecule has 2 aliphatic heterocycles. The zero-order chi connectivity index (χ0) is 30.3. The number of halogens is 1. The Balaban J connectivity index is 1.23. The number of nitrogens with zero attached hydrogens (tertiary/aromatic N) is 2. The maximum atomic E-state index is 14.0. The van der Waals surface area contributed by atoms with E-state index in [4.69, 9.17) is 16.3 Å². The largest absolute Gasteiger partial charge is 0.489 e. The lowest BCUT2D eigenvalue weighted by Crippen LogP contribution is -2.42. The Morgan fingerprint density at radius 3 is 2.43 bits per heavy atom. The number of hydrogen-bond donors (Lipinski definition) is 1. The van der Waals surface area contributed by atoms with Crippen LogP contribution in [0, 0.1) is 39.7 Å². The summed E-state index contributed by atoms with van der Waals surface area (Å²) in [7, 11) is 0. The fourth-order valence-electron chi connectivity index (χ4n) is 7.97. The number of thioether (sulfide) groups is 1. The van der Waals surface area contributed by atoms with E-state index in [-0.39, 0.29) is 52.0 Å². The standard InChI is InChI=1S/C32H24ClN3O6S2/c33-16-6-8-17(9-7-16)35-30(37)25-20-13-21(26(25)31(35)38)27-24(20)23(28-29(43-27)34-32(39)44-28)19-12-18(36(40)41)10-11-22(19)42-14-15-4-2-1-3-5-15/h1-12,20-21,23-27H,13-14H2,(H,34,39)/t20-,21-,23+,24+,25+,26+,27-/m1/s1. The number of H-pyrrole nitrogens is 1. The molecule has 2 saturated carbocycles. The van der Waals surface area contributed by atoms with Gasteiger partial charge in [0.05, 0.1) is 27.5 Å². The third-order valence-corrected chi connectivity index (χ3v) is 12.4. The van der Waals surface area contributed by atoms with Gasteiger partial charge in [-0.05, 0) is 60.1 Å². The van der Waals surface area contributed by atoms with Crippen molar-refractivity contribution in [2.24, 2.45) is 29.6 Å². The Bertz CT molecular complexity index is 1890. The van der Waals surface area contributed by atoms with Crippen LogP contribution in [0.1, 0.15) is 28.3 Å². The summed E-state index contributed by atoms with van der Waals surface area (Å²) in [6.45, 7) is 0.261. The number of hydrogen-bond acceptors (Lipinski definition) is 8. The van der Waals surface area contributed by atoms with E-state index in [9.17, 15) is 24.5 Å². The number of thiazole rings is 1. The average molecular weight is 646 g/mol. The van der Waals surface area contributed by atoms with E-state index in [1.165, 1.54) is 11.0 Å². The van der Waals surface area contributed by atoms with Crippen molar-refractivity contribution in [1.82, 2.24) is 4.98 Å². The number of imide groups is 1. The van der Waals surface area contributed by atoms with Gasteiger partial charge >= 0.3 is 4.87 Å². The number of amides is 2. The Morgan fingerprint density at radius 1 is 0.977 bits per heavy atom. The Labute approximate surface area is 264 Å². The topological polar surface area (TPSA) is 123 Å². The van der Waals surface area contributed by atoms with Crippen LogP contribution in [0.25, 0.3) is 0 Å². The highest BCUT2D eigenvalue weighted by Gasteiger charge is 2.70. The maximum absolute atomic E-state index is 14.0. The van der Waals surface area contributed by atoms with Crippen molar-refractivity contribution in [1.29, 1.82) is 0 Å². The quantitative estimate of drug-likeness (QED) is 0.149. The first kappa shape index (κ1) is 27.6. The Kier molecular flexibility index (Phi) is 6.48. The van der Waals surface area contributed by atoms with Crippen LogP contribution >= 0.6 is 34.7 Å². The van der Waals surface area contributed by atoms with Crippen LogP contribution in [0.4, 0.5) is 11.4 Å². The summed E-state index contributed by atoms with van der Waals surface area (Å²) < 4.78 is 6.32. The van der Waals surface area contributed by atoms with E-state index in [0.29, 0.717) is 28.4 Å². The van der Waals surface area contributed by atoms with Crippen molar-refractivity contribution < 1.29 is 19.2 Å². The van der Waals surface area contributed by atoms with E-state index in [2.05, 4.69) is 4.98 Å². The van der Waals surface area contributed by atoms with Crippen LogP contribution in [0.3, 0.4) is 0 Å². The van der Waals surface area contributed by atoms with Gasteiger partial charge in [-0.15, -0.1) is 11.8 Å². The highest BCUT2D eigenvalue weighted by Crippen LogP contribution is 2.69. The average Bonchev–Trinajstić information content (AvgIpc) is 3.76. The van der Waals surface area contributed by atoms with E-state index in [0.717, 1.165) is 26.8 Å². The van der Waals surface area contributed by atoms with E-state index in [1.807, 2.05) is 30.3 Å². The van der Waals surface area contributed by atoms with Crippen LogP contribution in [0.5, 0.6) is 5.75 Å². The molecule has 3 aromatic carbocycles. The minimum atomic E-state index is -0.503. The second-order valence-corrected chi connectivity index (χ2v) is 14.3. The van der Waals surface area contributed by atoms with Crippen molar-refractivity contribution >= 4 is 57.9 Å². The SMILES string of the molecule is O=C1[C@H]2[C@H]3C[C@@H]([C@@H]2C(=O)N1c1ccc(Cl)cc1)[C@H]1[C@H](c2cc([N+](=O)[O-])ccc2OCc2ccccc2)c2sc(=O)[nH]c2S[C@H]31. The molecule has 4 aromatic rings. The predicted molar refractivity (Wildman–Crippen MR) is 166 cm³/mol. The maximum Gasteiger partial charge on any atom is 0.305 e. The smallest absolute Gasteiger partial charge is 0.305 e. The lowest BCUT2D eigenvalue weighted by molar-refractivity contribution is -0.385. The molecule has 8 rings (SSSR count). The minimum Gasteiger partial charge on any atom is -0.489 e. The molecule has 2 aliphatic carbocycles. The number of nitrogens with one attached hydrogen (secondary N) is 1. The van der Waals surface area contributed by atoms with Gasteiger partial charge in [0.15, 0.2) is 0 Å². The van der Waals surface area contributed by atoms with E-state index >= 15 is 0 Å². The molecule has 44 heavy (non-hydrogen) atoms. The molecule has 0 spiro atoms. The number of benzene rings is 3. The van der Waals surface area contributed by atoms with Gasteiger partial charge in [-0.1, -0.05) is 53.3 Å². The van der Waals surface area contributed by atoms with Crippen LogP contribution in [-0.4, -0.2) is 27.0 Å². The van der Waals surface area contributed by atoms with Gasteiger partial charge in [0.25, 0.3) is 5.69 Å². The first-order valence-electron chi connectivity index (χ1n) is 14.3. The van der Waals surface area contributed by atoms with Gasteiger partial charge in [0, 0.05) is 38.8 Å². The number of nitro benzene ring substituents is 1. The Hall–Kier alpha value is -3.93. The number of aromatic amines is 1.